The maximum absolute atomic E-state index is 12.8. The van der Waals surface area contributed by atoms with Crippen LogP contribution in [0.1, 0.15) is 45.6 Å². The molecule has 1 aliphatic heterocycles. The average molecular weight is 302 g/mol. The molecule has 1 aliphatic rings. The van der Waals surface area contributed by atoms with Crippen LogP contribution >= 0.6 is 0 Å². The molecule has 3 nitrogen and oxygen atoms in total. The van der Waals surface area contributed by atoms with E-state index in [0.29, 0.717) is 19.6 Å². The van der Waals surface area contributed by atoms with Crippen molar-refractivity contribution in [3.05, 3.63) is 48.0 Å². The molecule has 0 bridgehead atoms. The molecule has 1 fully saturated rings. The molecule has 120 valence electrons. The lowest BCUT2D eigenvalue weighted by molar-refractivity contribution is -0.319. The molecule has 0 radical (unpaired) electrons. The van der Waals surface area contributed by atoms with Gasteiger partial charge in [0.05, 0.1) is 18.6 Å². The summed E-state index contributed by atoms with van der Waals surface area (Å²) in [6, 6.07) is 9.83. The lowest BCUT2D eigenvalue weighted by atomic mass is 9.73. The van der Waals surface area contributed by atoms with Crippen molar-refractivity contribution < 1.29 is 14.3 Å². The Morgan fingerprint density at radius 3 is 2.45 bits per heavy atom. The highest BCUT2D eigenvalue weighted by atomic mass is 16.7. The van der Waals surface area contributed by atoms with E-state index in [1.807, 2.05) is 63.3 Å². The van der Waals surface area contributed by atoms with Crippen LogP contribution in [0.25, 0.3) is 0 Å². The van der Waals surface area contributed by atoms with Gasteiger partial charge in [0, 0.05) is 12.0 Å². The fraction of sp³-hybridized carbons (Fsp3) is 0.526. The molecular weight excluding hydrogens is 276 g/mol. The van der Waals surface area contributed by atoms with E-state index in [-0.39, 0.29) is 5.78 Å². The Hall–Kier alpha value is -1.45. The van der Waals surface area contributed by atoms with Crippen molar-refractivity contribution >= 4 is 5.78 Å². The zero-order valence-corrected chi connectivity index (χ0v) is 13.8. The summed E-state index contributed by atoms with van der Waals surface area (Å²) in [4.78, 5) is 12.8. The minimum absolute atomic E-state index is 0.163. The van der Waals surface area contributed by atoms with Crippen LogP contribution in [0, 0.1) is 5.41 Å². The first-order valence-electron chi connectivity index (χ1n) is 8.02. The van der Waals surface area contributed by atoms with Gasteiger partial charge >= 0.3 is 0 Å². The molecule has 0 amide bonds. The van der Waals surface area contributed by atoms with Crippen molar-refractivity contribution in [3.63, 3.8) is 0 Å². The third-order valence-corrected chi connectivity index (χ3v) is 4.35. The largest absolute Gasteiger partial charge is 0.345 e. The van der Waals surface area contributed by atoms with Crippen LogP contribution in [0.15, 0.2) is 42.5 Å². The fourth-order valence-corrected chi connectivity index (χ4v) is 2.96. The van der Waals surface area contributed by atoms with Crippen LogP contribution in [-0.4, -0.2) is 19.0 Å². The third-order valence-electron chi connectivity index (χ3n) is 4.35. The van der Waals surface area contributed by atoms with E-state index in [0.717, 1.165) is 18.4 Å². The Balaban J connectivity index is 2.33. The summed E-state index contributed by atoms with van der Waals surface area (Å²) in [5.41, 5.74) is 0.176. The number of hydrogen-bond donors (Lipinski definition) is 0. The number of hydrogen-bond acceptors (Lipinski definition) is 3. The Labute approximate surface area is 133 Å². The molecule has 0 aliphatic carbocycles. The number of carbonyl (C=O) groups excluding carboxylic acids is 1. The highest BCUT2D eigenvalue weighted by Crippen LogP contribution is 2.47. The summed E-state index contributed by atoms with van der Waals surface area (Å²) in [5.74, 6) is -0.823. The van der Waals surface area contributed by atoms with Crippen LogP contribution in [0.2, 0.25) is 0 Å². The molecule has 0 spiro atoms. The monoisotopic (exact) mass is 302 g/mol. The SMILES string of the molecule is C/C=C/CCC(=O)C(C)(C)C1(c2ccccc2)OCCCO1. The van der Waals surface area contributed by atoms with Gasteiger partial charge in [-0.05, 0) is 33.6 Å². The molecule has 1 heterocycles. The average Bonchev–Trinajstić information content (AvgIpc) is 2.56. The van der Waals surface area contributed by atoms with Crippen LogP contribution in [0.5, 0.6) is 0 Å². The van der Waals surface area contributed by atoms with E-state index in [1.54, 1.807) is 0 Å². The normalized spacial score (nSPS) is 18.5. The van der Waals surface area contributed by atoms with Crippen molar-refractivity contribution in [2.24, 2.45) is 5.41 Å². The van der Waals surface area contributed by atoms with E-state index >= 15 is 0 Å². The first-order chi connectivity index (χ1) is 10.5. The number of carbonyl (C=O) groups is 1. The molecule has 2 rings (SSSR count). The minimum atomic E-state index is -0.987. The van der Waals surface area contributed by atoms with Crippen molar-refractivity contribution in [3.8, 4) is 0 Å². The van der Waals surface area contributed by atoms with E-state index < -0.39 is 11.2 Å². The standard InChI is InChI=1S/C19H26O3/c1-4-5-7-13-17(20)18(2,3)19(21-14-10-15-22-19)16-11-8-6-9-12-16/h4-6,8-9,11-12H,7,10,13-15H2,1-3H3/b5-4+. The summed E-state index contributed by atoms with van der Waals surface area (Å²) in [6.45, 7) is 7.06. The van der Waals surface area contributed by atoms with Crippen molar-refractivity contribution in [2.45, 2.75) is 45.8 Å². The molecule has 3 heteroatoms. The number of Topliss-reactive ketones (excluding diaryl/α,β-unsaturated/α-hetero) is 1. The van der Waals surface area contributed by atoms with Gasteiger partial charge in [-0.2, -0.15) is 0 Å². The summed E-state index contributed by atoms with van der Waals surface area (Å²) < 4.78 is 12.2. The summed E-state index contributed by atoms with van der Waals surface area (Å²) in [5, 5.41) is 0. The van der Waals surface area contributed by atoms with Crippen LogP contribution in [0.3, 0.4) is 0 Å². The van der Waals surface area contributed by atoms with Crippen molar-refractivity contribution in [2.75, 3.05) is 13.2 Å². The second kappa shape index (κ2) is 7.21. The van der Waals surface area contributed by atoms with Gasteiger partial charge in [0.1, 0.15) is 5.78 Å². The molecule has 0 atom stereocenters. The van der Waals surface area contributed by atoms with Gasteiger partial charge < -0.3 is 9.47 Å². The molecule has 1 aromatic carbocycles. The maximum Gasteiger partial charge on any atom is 0.207 e. The van der Waals surface area contributed by atoms with Gasteiger partial charge in [-0.3, -0.25) is 4.79 Å². The van der Waals surface area contributed by atoms with E-state index in [4.69, 9.17) is 9.47 Å². The molecule has 0 saturated carbocycles. The van der Waals surface area contributed by atoms with E-state index in [9.17, 15) is 4.79 Å². The quantitative estimate of drug-likeness (QED) is 0.738. The second-order valence-electron chi connectivity index (χ2n) is 6.19. The summed E-state index contributed by atoms with van der Waals surface area (Å²) in [6.07, 6.45) is 6.10. The van der Waals surface area contributed by atoms with Gasteiger partial charge in [0.25, 0.3) is 0 Å². The number of allylic oxidation sites excluding steroid dienone is 2. The highest BCUT2D eigenvalue weighted by molar-refractivity contribution is 5.85. The van der Waals surface area contributed by atoms with Crippen molar-refractivity contribution in [1.29, 1.82) is 0 Å². The Morgan fingerprint density at radius 1 is 1.23 bits per heavy atom. The van der Waals surface area contributed by atoms with Gasteiger partial charge in [0.15, 0.2) is 0 Å². The van der Waals surface area contributed by atoms with Crippen LogP contribution in [-0.2, 0) is 20.1 Å². The molecule has 22 heavy (non-hydrogen) atoms. The zero-order valence-electron chi connectivity index (χ0n) is 13.8. The minimum Gasteiger partial charge on any atom is -0.345 e. The van der Waals surface area contributed by atoms with E-state index in [2.05, 4.69) is 0 Å². The fourth-order valence-electron chi connectivity index (χ4n) is 2.96. The van der Waals surface area contributed by atoms with Gasteiger partial charge in [0.2, 0.25) is 5.79 Å². The third kappa shape index (κ3) is 3.16. The van der Waals surface area contributed by atoms with E-state index in [1.165, 1.54) is 0 Å². The molecule has 1 aromatic rings. The number of ketones is 1. The second-order valence-corrected chi connectivity index (χ2v) is 6.19. The molecule has 0 aromatic heterocycles. The molecule has 0 unspecified atom stereocenters. The summed E-state index contributed by atoms with van der Waals surface area (Å²) in [7, 11) is 0. The summed E-state index contributed by atoms with van der Waals surface area (Å²) >= 11 is 0. The highest BCUT2D eigenvalue weighted by Gasteiger charge is 2.54. The first kappa shape index (κ1) is 16.9. The smallest absolute Gasteiger partial charge is 0.207 e. The lowest BCUT2D eigenvalue weighted by Gasteiger charge is -2.47. The maximum atomic E-state index is 12.8. The first-order valence-corrected chi connectivity index (χ1v) is 8.02. The van der Waals surface area contributed by atoms with Crippen LogP contribution < -0.4 is 0 Å². The van der Waals surface area contributed by atoms with Gasteiger partial charge in [-0.15, -0.1) is 0 Å². The molecule has 0 N–H and O–H groups in total. The topological polar surface area (TPSA) is 35.5 Å². The Kier molecular flexibility index (Phi) is 5.54. The van der Waals surface area contributed by atoms with Crippen molar-refractivity contribution in [1.82, 2.24) is 0 Å². The van der Waals surface area contributed by atoms with Gasteiger partial charge in [-0.1, -0.05) is 42.5 Å². The number of ether oxygens (including phenoxy) is 2. The van der Waals surface area contributed by atoms with Crippen LogP contribution in [0.4, 0.5) is 0 Å². The number of rotatable bonds is 6. The zero-order chi connectivity index (χ0) is 16.1. The molecule has 1 saturated heterocycles. The van der Waals surface area contributed by atoms with Gasteiger partial charge in [-0.25, -0.2) is 0 Å². The lowest BCUT2D eigenvalue weighted by Crippen LogP contribution is -2.53. The Morgan fingerprint density at radius 2 is 1.86 bits per heavy atom. The molecular formula is C19H26O3. The predicted molar refractivity (Wildman–Crippen MR) is 87.5 cm³/mol. The Bertz CT molecular complexity index is 511. The predicted octanol–water partition coefficient (Wildman–Crippen LogP) is 4.23. The number of benzene rings is 1.